The number of benzene rings is 1. The normalized spacial score (nSPS) is 11.2. The summed E-state index contributed by atoms with van der Waals surface area (Å²) in [7, 11) is 1.55. The van der Waals surface area contributed by atoms with Crippen LogP contribution in [0.1, 0.15) is 20.8 Å². The number of nitrogens with one attached hydrogen (secondary N) is 2. The highest BCUT2D eigenvalue weighted by atomic mass is 35.5. The van der Waals surface area contributed by atoms with Crippen molar-refractivity contribution in [3.63, 3.8) is 0 Å². The first-order valence-corrected chi connectivity index (χ1v) is 6.08. The van der Waals surface area contributed by atoms with Crippen molar-refractivity contribution in [2.75, 3.05) is 19.0 Å². The first-order chi connectivity index (χ1) is 8.31. The smallest absolute Gasteiger partial charge is 0.238 e. The molecule has 1 aromatic rings. The largest absolute Gasteiger partial charge is 0.495 e. The maximum absolute atomic E-state index is 11.8. The predicted octanol–water partition coefficient (Wildman–Crippen LogP) is 2.68. The summed E-state index contributed by atoms with van der Waals surface area (Å²) in [5.74, 6) is 0.453. The van der Waals surface area contributed by atoms with Crippen molar-refractivity contribution < 1.29 is 9.53 Å². The Kier molecular flexibility index (Phi) is 4.99. The van der Waals surface area contributed by atoms with E-state index in [1.807, 2.05) is 20.8 Å². The Balaban J connectivity index is 2.66. The quantitative estimate of drug-likeness (QED) is 0.884. The number of amides is 1. The van der Waals surface area contributed by atoms with Crippen LogP contribution in [0.25, 0.3) is 0 Å². The molecule has 0 heterocycles. The second-order valence-corrected chi connectivity index (χ2v) is 5.43. The number of hydrogen-bond acceptors (Lipinski definition) is 3. The monoisotopic (exact) mass is 270 g/mol. The third-order valence-electron chi connectivity index (χ3n) is 2.21. The molecular formula is C13H19ClN2O2. The summed E-state index contributed by atoms with van der Waals surface area (Å²) in [6.45, 7) is 6.24. The van der Waals surface area contributed by atoms with Gasteiger partial charge in [-0.15, -0.1) is 0 Å². The number of anilines is 1. The molecule has 0 aromatic heterocycles. The van der Waals surface area contributed by atoms with Crippen molar-refractivity contribution in [2.24, 2.45) is 0 Å². The van der Waals surface area contributed by atoms with Gasteiger partial charge < -0.3 is 15.4 Å². The van der Waals surface area contributed by atoms with Crippen LogP contribution in [0.4, 0.5) is 5.69 Å². The fourth-order valence-corrected chi connectivity index (χ4v) is 1.49. The van der Waals surface area contributed by atoms with Crippen LogP contribution >= 0.6 is 11.6 Å². The van der Waals surface area contributed by atoms with Gasteiger partial charge in [0.1, 0.15) is 5.75 Å². The molecule has 5 heteroatoms. The number of ether oxygens (including phenoxy) is 1. The van der Waals surface area contributed by atoms with E-state index in [9.17, 15) is 4.79 Å². The lowest BCUT2D eigenvalue weighted by Crippen LogP contribution is -2.41. The van der Waals surface area contributed by atoms with Gasteiger partial charge >= 0.3 is 0 Å². The third-order valence-corrected chi connectivity index (χ3v) is 2.45. The average molecular weight is 271 g/mol. The molecular weight excluding hydrogens is 252 g/mol. The van der Waals surface area contributed by atoms with Crippen LogP contribution in [0.3, 0.4) is 0 Å². The number of halogens is 1. The standard InChI is InChI=1S/C13H19ClN2O2/c1-13(2,3)15-8-12(17)16-10-7-9(14)5-6-11(10)18-4/h5-7,15H,8H2,1-4H3,(H,16,17). The molecule has 2 N–H and O–H groups in total. The van der Waals surface area contributed by atoms with Crippen LogP contribution in [0.2, 0.25) is 5.02 Å². The van der Waals surface area contributed by atoms with Crippen molar-refractivity contribution in [3.8, 4) is 5.75 Å². The molecule has 0 aliphatic carbocycles. The number of carbonyl (C=O) groups excluding carboxylic acids is 1. The Morgan fingerprint density at radius 1 is 1.39 bits per heavy atom. The summed E-state index contributed by atoms with van der Waals surface area (Å²) < 4.78 is 5.15. The minimum absolute atomic E-state index is 0.101. The van der Waals surface area contributed by atoms with E-state index in [0.29, 0.717) is 16.5 Å². The summed E-state index contributed by atoms with van der Waals surface area (Å²) >= 11 is 5.88. The lowest BCUT2D eigenvalue weighted by Gasteiger charge is -2.20. The first kappa shape index (κ1) is 14.8. The Hall–Kier alpha value is -1.26. The van der Waals surface area contributed by atoms with Crippen molar-refractivity contribution in [2.45, 2.75) is 26.3 Å². The number of rotatable bonds is 4. The molecule has 0 fully saturated rings. The highest BCUT2D eigenvalue weighted by molar-refractivity contribution is 6.31. The molecule has 4 nitrogen and oxygen atoms in total. The lowest BCUT2D eigenvalue weighted by atomic mass is 10.1. The maximum atomic E-state index is 11.8. The first-order valence-electron chi connectivity index (χ1n) is 5.70. The van der Waals surface area contributed by atoms with Gasteiger partial charge in [0.2, 0.25) is 5.91 Å². The molecule has 0 unspecified atom stereocenters. The summed E-state index contributed by atoms with van der Waals surface area (Å²) in [6, 6.07) is 5.09. The minimum atomic E-state index is -0.134. The maximum Gasteiger partial charge on any atom is 0.238 e. The predicted molar refractivity (Wildman–Crippen MR) is 74.4 cm³/mol. The van der Waals surface area contributed by atoms with Crippen LogP contribution in [0, 0.1) is 0 Å². The van der Waals surface area contributed by atoms with Gasteiger partial charge in [-0.05, 0) is 39.0 Å². The molecule has 1 aromatic carbocycles. The van der Waals surface area contributed by atoms with Gasteiger partial charge in [0.05, 0.1) is 19.3 Å². The molecule has 0 radical (unpaired) electrons. The molecule has 0 aliphatic rings. The van der Waals surface area contributed by atoms with E-state index >= 15 is 0 Å². The fraction of sp³-hybridized carbons (Fsp3) is 0.462. The van der Waals surface area contributed by atoms with E-state index in [1.54, 1.807) is 25.3 Å². The Morgan fingerprint density at radius 2 is 2.06 bits per heavy atom. The van der Waals surface area contributed by atoms with Gasteiger partial charge in [-0.2, -0.15) is 0 Å². The van der Waals surface area contributed by atoms with Crippen molar-refractivity contribution >= 4 is 23.2 Å². The average Bonchev–Trinajstić information content (AvgIpc) is 2.26. The van der Waals surface area contributed by atoms with Crippen LogP contribution in [-0.2, 0) is 4.79 Å². The number of methoxy groups -OCH3 is 1. The van der Waals surface area contributed by atoms with E-state index in [0.717, 1.165) is 0 Å². The van der Waals surface area contributed by atoms with Gasteiger partial charge in [-0.1, -0.05) is 11.6 Å². The molecule has 100 valence electrons. The van der Waals surface area contributed by atoms with E-state index in [4.69, 9.17) is 16.3 Å². The minimum Gasteiger partial charge on any atom is -0.495 e. The molecule has 0 saturated carbocycles. The van der Waals surface area contributed by atoms with Gasteiger partial charge in [0.15, 0.2) is 0 Å². The molecule has 1 amide bonds. The molecule has 0 spiro atoms. The SMILES string of the molecule is COc1ccc(Cl)cc1NC(=O)CNC(C)(C)C. The van der Waals surface area contributed by atoms with Gasteiger partial charge in [-0.3, -0.25) is 4.79 Å². The molecule has 18 heavy (non-hydrogen) atoms. The molecule has 0 bridgehead atoms. The highest BCUT2D eigenvalue weighted by Crippen LogP contribution is 2.27. The second kappa shape index (κ2) is 6.07. The molecule has 1 rings (SSSR count). The topological polar surface area (TPSA) is 50.4 Å². The Labute approximate surface area is 113 Å². The van der Waals surface area contributed by atoms with Crippen molar-refractivity contribution in [3.05, 3.63) is 23.2 Å². The molecule has 0 aliphatic heterocycles. The van der Waals surface area contributed by atoms with Gasteiger partial charge in [0, 0.05) is 10.6 Å². The number of hydrogen-bond donors (Lipinski definition) is 2. The van der Waals surface area contributed by atoms with E-state index in [2.05, 4.69) is 10.6 Å². The van der Waals surface area contributed by atoms with Crippen LogP contribution in [0.5, 0.6) is 5.75 Å². The third kappa shape index (κ3) is 4.94. The summed E-state index contributed by atoms with van der Waals surface area (Å²) in [6.07, 6.45) is 0. The van der Waals surface area contributed by atoms with Crippen LogP contribution in [0.15, 0.2) is 18.2 Å². The van der Waals surface area contributed by atoms with Gasteiger partial charge in [0.25, 0.3) is 0 Å². The zero-order chi connectivity index (χ0) is 13.8. The van der Waals surface area contributed by atoms with Crippen LogP contribution < -0.4 is 15.4 Å². The summed E-state index contributed by atoms with van der Waals surface area (Å²) in [4.78, 5) is 11.8. The number of carbonyl (C=O) groups is 1. The Morgan fingerprint density at radius 3 is 2.61 bits per heavy atom. The van der Waals surface area contributed by atoms with E-state index < -0.39 is 0 Å². The van der Waals surface area contributed by atoms with Gasteiger partial charge in [-0.25, -0.2) is 0 Å². The zero-order valence-electron chi connectivity index (χ0n) is 11.1. The summed E-state index contributed by atoms with van der Waals surface area (Å²) in [5.41, 5.74) is 0.473. The molecule has 0 atom stereocenters. The lowest BCUT2D eigenvalue weighted by molar-refractivity contribution is -0.115. The van der Waals surface area contributed by atoms with Crippen LogP contribution in [-0.4, -0.2) is 25.1 Å². The van der Waals surface area contributed by atoms with Crippen molar-refractivity contribution in [1.29, 1.82) is 0 Å². The van der Waals surface area contributed by atoms with E-state index in [-0.39, 0.29) is 18.0 Å². The highest BCUT2D eigenvalue weighted by Gasteiger charge is 2.13. The Bertz CT molecular complexity index is 427. The molecule has 0 saturated heterocycles. The van der Waals surface area contributed by atoms with Crippen molar-refractivity contribution in [1.82, 2.24) is 5.32 Å². The zero-order valence-corrected chi connectivity index (χ0v) is 11.9. The second-order valence-electron chi connectivity index (χ2n) is 5.00. The fourth-order valence-electron chi connectivity index (χ4n) is 1.32. The summed E-state index contributed by atoms with van der Waals surface area (Å²) in [5, 5.41) is 6.42. The van der Waals surface area contributed by atoms with E-state index in [1.165, 1.54) is 0 Å².